The molecule has 0 radical (unpaired) electrons. The molecule has 6 nitrogen and oxygen atoms in total. The molecule has 3 N–H and O–H groups in total. The molecule has 0 fully saturated rings. The molecule has 0 bridgehead atoms. The van der Waals surface area contributed by atoms with Crippen LogP contribution in [0.15, 0.2) is 77.7 Å². The van der Waals surface area contributed by atoms with Crippen molar-refractivity contribution in [2.24, 2.45) is 0 Å². The van der Waals surface area contributed by atoms with Crippen LogP contribution in [-0.4, -0.2) is 19.4 Å². The average molecular weight is 382 g/mol. The van der Waals surface area contributed by atoms with E-state index in [4.69, 9.17) is 0 Å². The Balaban J connectivity index is 1.84. The Morgan fingerprint density at radius 2 is 1.67 bits per heavy atom. The van der Waals surface area contributed by atoms with Gasteiger partial charge in [-0.1, -0.05) is 30.3 Å². The lowest BCUT2D eigenvalue weighted by Crippen LogP contribution is -2.16. The third-order valence-electron chi connectivity index (χ3n) is 3.83. The topological polar surface area (TPSA) is 95.5 Å². The smallest absolute Gasteiger partial charge is 0.261 e. The number of sulfonamides is 1. The fourth-order valence-corrected chi connectivity index (χ4v) is 3.60. The minimum Gasteiger partial charge on any atom is -0.506 e. The van der Waals surface area contributed by atoms with Crippen LogP contribution in [0.1, 0.15) is 15.9 Å². The number of amides is 1. The number of hydrogen-bond donors (Lipinski definition) is 3. The monoisotopic (exact) mass is 382 g/mol. The molecule has 0 aliphatic heterocycles. The van der Waals surface area contributed by atoms with Gasteiger partial charge in [0.25, 0.3) is 15.9 Å². The first-order chi connectivity index (χ1) is 12.8. The number of carbonyl (C=O) groups excluding carboxylic acids is 1. The molecule has 1 amide bonds. The van der Waals surface area contributed by atoms with Crippen molar-refractivity contribution >= 4 is 27.3 Å². The molecular weight excluding hydrogens is 364 g/mol. The fourth-order valence-electron chi connectivity index (χ4n) is 2.50. The summed E-state index contributed by atoms with van der Waals surface area (Å²) in [7, 11) is -3.85. The number of phenolic OH excluding ortho intramolecular Hbond substituents is 1. The first kappa shape index (κ1) is 18.5. The SMILES string of the molecule is Cc1cccc(NS(=O)(=O)c2cccc(C(=O)Nc3ccccc3O)c2)c1. The highest BCUT2D eigenvalue weighted by atomic mass is 32.2. The van der Waals surface area contributed by atoms with E-state index in [1.807, 2.05) is 13.0 Å². The third kappa shape index (κ3) is 4.45. The quantitative estimate of drug-likeness (QED) is 0.586. The minimum absolute atomic E-state index is 0.0334. The fraction of sp³-hybridized carbons (Fsp3) is 0.0500. The van der Waals surface area contributed by atoms with Gasteiger partial charge in [0.15, 0.2) is 0 Å². The average Bonchev–Trinajstić information content (AvgIpc) is 2.63. The maximum Gasteiger partial charge on any atom is 0.261 e. The molecule has 0 atom stereocenters. The Kier molecular flexibility index (Phi) is 5.14. The van der Waals surface area contributed by atoms with Crippen molar-refractivity contribution in [3.05, 3.63) is 83.9 Å². The molecule has 138 valence electrons. The van der Waals surface area contributed by atoms with Crippen molar-refractivity contribution in [2.75, 3.05) is 10.0 Å². The zero-order valence-corrected chi connectivity index (χ0v) is 15.3. The van der Waals surface area contributed by atoms with Gasteiger partial charge in [0, 0.05) is 11.3 Å². The van der Waals surface area contributed by atoms with Gasteiger partial charge in [-0.2, -0.15) is 0 Å². The Morgan fingerprint density at radius 3 is 2.41 bits per heavy atom. The molecule has 0 unspecified atom stereocenters. The number of anilines is 2. The van der Waals surface area contributed by atoms with E-state index in [0.717, 1.165) is 5.56 Å². The number of nitrogens with one attached hydrogen (secondary N) is 2. The second-order valence-electron chi connectivity index (χ2n) is 5.97. The van der Waals surface area contributed by atoms with Gasteiger partial charge >= 0.3 is 0 Å². The van der Waals surface area contributed by atoms with Gasteiger partial charge in [0.2, 0.25) is 0 Å². The molecule has 0 aliphatic rings. The van der Waals surface area contributed by atoms with Crippen molar-refractivity contribution in [3.8, 4) is 5.75 Å². The molecule has 0 saturated heterocycles. The van der Waals surface area contributed by atoms with Crippen molar-refractivity contribution < 1.29 is 18.3 Å². The van der Waals surface area contributed by atoms with Gasteiger partial charge in [-0.15, -0.1) is 0 Å². The highest BCUT2D eigenvalue weighted by molar-refractivity contribution is 7.92. The van der Waals surface area contributed by atoms with E-state index in [9.17, 15) is 18.3 Å². The predicted octanol–water partition coefficient (Wildman–Crippen LogP) is 3.75. The normalized spacial score (nSPS) is 11.0. The standard InChI is InChI=1S/C20H18N2O4S/c1-14-6-4-8-16(12-14)22-27(25,26)17-9-5-7-15(13-17)20(24)21-18-10-2-3-11-19(18)23/h2-13,22-23H,1H3,(H,21,24). The number of hydrogen-bond acceptors (Lipinski definition) is 4. The Hall–Kier alpha value is -3.32. The summed E-state index contributed by atoms with van der Waals surface area (Å²) < 4.78 is 27.7. The molecule has 0 saturated carbocycles. The van der Waals surface area contributed by atoms with Crippen molar-refractivity contribution in [2.45, 2.75) is 11.8 Å². The molecule has 3 aromatic carbocycles. The maximum absolute atomic E-state index is 12.6. The molecule has 0 spiro atoms. The van der Waals surface area contributed by atoms with Crippen molar-refractivity contribution in [1.82, 2.24) is 0 Å². The van der Waals surface area contributed by atoms with E-state index in [1.165, 1.54) is 30.3 Å². The lowest BCUT2D eigenvalue weighted by molar-refractivity contribution is 0.102. The van der Waals surface area contributed by atoms with E-state index in [1.54, 1.807) is 36.4 Å². The summed E-state index contributed by atoms with van der Waals surface area (Å²) in [5.74, 6) is -0.597. The molecule has 0 aliphatic carbocycles. The highest BCUT2D eigenvalue weighted by Crippen LogP contribution is 2.23. The minimum atomic E-state index is -3.85. The molecule has 7 heteroatoms. The van der Waals surface area contributed by atoms with Crippen LogP contribution in [0.25, 0.3) is 0 Å². The first-order valence-corrected chi connectivity index (χ1v) is 9.62. The van der Waals surface area contributed by atoms with Crippen LogP contribution in [0.5, 0.6) is 5.75 Å². The van der Waals surface area contributed by atoms with E-state index in [2.05, 4.69) is 10.0 Å². The van der Waals surface area contributed by atoms with Crippen LogP contribution in [0.2, 0.25) is 0 Å². The van der Waals surface area contributed by atoms with E-state index >= 15 is 0 Å². The van der Waals surface area contributed by atoms with E-state index < -0.39 is 15.9 Å². The van der Waals surface area contributed by atoms with Gasteiger partial charge in [-0.05, 0) is 55.0 Å². The number of aromatic hydroxyl groups is 1. The van der Waals surface area contributed by atoms with Crippen LogP contribution >= 0.6 is 0 Å². The third-order valence-corrected chi connectivity index (χ3v) is 5.21. The first-order valence-electron chi connectivity index (χ1n) is 8.14. The van der Waals surface area contributed by atoms with Gasteiger partial charge < -0.3 is 10.4 Å². The summed E-state index contributed by atoms with van der Waals surface area (Å²) in [6, 6.07) is 19.0. The number of aryl methyl sites for hydroxylation is 1. The van der Waals surface area contributed by atoms with E-state index in [-0.39, 0.29) is 21.9 Å². The van der Waals surface area contributed by atoms with Crippen LogP contribution < -0.4 is 10.0 Å². The number of phenols is 1. The van der Waals surface area contributed by atoms with Crippen LogP contribution in [0.4, 0.5) is 11.4 Å². The molecular formula is C20H18N2O4S. The van der Waals surface area contributed by atoms with E-state index in [0.29, 0.717) is 5.69 Å². The molecule has 0 heterocycles. The van der Waals surface area contributed by atoms with Gasteiger partial charge in [-0.25, -0.2) is 8.42 Å². The zero-order chi connectivity index (χ0) is 19.4. The summed E-state index contributed by atoms with van der Waals surface area (Å²) in [6.07, 6.45) is 0. The Morgan fingerprint density at radius 1 is 0.926 bits per heavy atom. The molecule has 3 rings (SSSR count). The summed E-state index contributed by atoms with van der Waals surface area (Å²) in [5.41, 5.74) is 1.77. The van der Waals surface area contributed by atoms with Crippen molar-refractivity contribution in [3.63, 3.8) is 0 Å². The zero-order valence-electron chi connectivity index (χ0n) is 14.5. The summed E-state index contributed by atoms with van der Waals surface area (Å²) >= 11 is 0. The summed E-state index contributed by atoms with van der Waals surface area (Å²) in [6.45, 7) is 1.86. The maximum atomic E-state index is 12.6. The molecule has 3 aromatic rings. The van der Waals surface area contributed by atoms with Crippen LogP contribution in [0, 0.1) is 6.92 Å². The lowest BCUT2D eigenvalue weighted by atomic mass is 10.2. The van der Waals surface area contributed by atoms with Gasteiger partial charge in [0.1, 0.15) is 5.75 Å². The summed E-state index contributed by atoms with van der Waals surface area (Å²) in [5, 5.41) is 12.3. The van der Waals surface area contributed by atoms with Gasteiger partial charge in [-0.3, -0.25) is 9.52 Å². The van der Waals surface area contributed by atoms with Gasteiger partial charge in [0.05, 0.1) is 10.6 Å². The Bertz CT molecular complexity index is 1090. The van der Waals surface area contributed by atoms with Crippen molar-refractivity contribution in [1.29, 1.82) is 0 Å². The number of carbonyl (C=O) groups is 1. The van der Waals surface area contributed by atoms with Crippen LogP contribution in [-0.2, 0) is 10.0 Å². The second kappa shape index (κ2) is 7.51. The molecule has 27 heavy (non-hydrogen) atoms. The number of rotatable bonds is 5. The lowest BCUT2D eigenvalue weighted by Gasteiger charge is -2.11. The highest BCUT2D eigenvalue weighted by Gasteiger charge is 2.17. The summed E-state index contributed by atoms with van der Waals surface area (Å²) in [4.78, 5) is 12.4. The second-order valence-corrected chi connectivity index (χ2v) is 7.66. The van der Waals surface area contributed by atoms with Crippen LogP contribution in [0.3, 0.4) is 0 Å². The molecule has 0 aromatic heterocycles. The largest absolute Gasteiger partial charge is 0.506 e. The number of para-hydroxylation sites is 2. The predicted molar refractivity (Wildman–Crippen MR) is 104 cm³/mol. The number of benzene rings is 3. The Labute approximate surface area is 157 Å².